The number of carbonyl (C=O) groups excluding carboxylic acids is 2. The van der Waals surface area contributed by atoms with E-state index in [4.69, 9.17) is 9.15 Å². The van der Waals surface area contributed by atoms with Gasteiger partial charge >= 0.3 is 5.97 Å². The van der Waals surface area contributed by atoms with Gasteiger partial charge in [-0.3, -0.25) is 9.59 Å². The van der Waals surface area contributed by atoms with E-state index in [1.54, 1.807) is 12.5 Å². The molecule has 154 valence electrons. The van der Waals surface area contributed by atoms with Crippen molar-refractivity contribution in [3.8, 4) is 0 Å². The van der Waals surface area contributed by atoms with Crippen LogP contribution in [0.2, 0.25) is 0 Å². The van der Waals surface area contributed by atoms with E-state index in [9.17, 15) is 19.8 Å². The van der Waals surface area contributed by atoms with Crippen LogP contribution in [-0.4, -0.2) is 41.3 Å². The summed E-state index contributed by atoms with van der Waals surface area (Å²) >= 11 is 0. The third-order valence-electron chi connectivity index (χ3n) is 8.27. The van der Waals surface area contributed by atoms with Gasteiger partial charge in [-0.25, -0.2) is 0 Å². The number of aliphatic hydroxyl groups is 2. The van der Waals surface area contributed by atoms with Gasteiger partial charge in [0.05, 0.1) is 19.1 Å². The van der Waals surface area contributed by atoms with Gasteiger partial charge in [0.2, 0.25) is 0 Å². The normalized spacial score (nSPS) is 42.3. The number of fused-ring (bicyclic) bond motifs is 5. The summed E-state index contributed by atoms with van der Waals surface area (Å²) in [5, 5.41) is 20.8. The highest BCUT2D eigenvalue weighted by atomic mass is 16.5. The maximum Gasteiger partial charge on any atom is 0.302 e. The molecule has 1 aromatic rings. The predicted molar refractivity (Wildman–Crippen MR) is 100 cm³/mol. The molecule has 1 aromatic heterocycles. The Morgan fingerprint density at radius 1 is 1.29 bits per heavy atom. The Morgan fingerprint density at radius 2 is 2.04 bits per heavy atom. The fraction of sp³-hybridized carbons (Fsp3) is 0.727. The zero-order chi connectivity index (χ0) is 20.3. The maximum atomic E-state index is 12.8. The molecule has 2 saturated carbocycles. The molecule has 3 aliphatic carbocycles. The molecule has 0 unspecified atom stereocenters. The lowest BCUT2D eigenvalue weighted by atomic mass is 9.40. The maximum absolute atomic E-state index is 12.8. The molecule has 2 fully saturated rings. The monoisotopic (exact) mass is 390 g/mol. The molecule has 0 amide bonds. The first kappa shape index (κ1) is 19.6. The van der Waals surface area contributed by atoms with Crippen LogP contribution in [0.4, 0.5) is 0 Å². The van der Waals surface area contributed by atoms with Crippen LogP contribution in [0.25, 0.3) is 0 Å². The number of esters is 1. The van der Waals surface area contributed by atoms with Crippen molar-refractivity contribution in [3.05, 3.63) is 23.7 Å². The Bertz CT molecular complexity index is 799. The van der Waals surface area contributed by atoms with E-state index in [1.807, 2.05) is 6.92 Å². The molecule has 0 spiro atoms. The molecule has 3 aliphatic rings. The van der Waals surface area contributed by atoms with Gasteiger partial charge in [0, 0.05) is 29.7 Å². The van der Waals surface area contributed by atoms with Crippen molar-refractivity contribution in [2.75, 3.05) is 13.2 Å². The quantitative estimate of drug-likeness (QED) is 0.769. The van der Waals surface area contributed by atoms with Gasteiger partial charge in [-0.1, -0.05) is 13.8 Å². The Hall–Kier alpha value is -1.66. The first-order valence-corrected chi connectivity index (χ1v) is 10.2. The van der Waals surface area contributed by atoms with Gasteiger partial charge in [0.25, 0.3) is 0 Å². The standard InChI is InChI=1S/C22H30O6/c1-13(24)28-12-22-7-6-17-20(2,8-16(25)19(26)21(17,3)11-23)18(22)5-4-14-9-27-10-15(14)22/h9-10,17-19,23,26H,4-8,11-12H2,1-3H3/t17-,18-,19+,20+,21-,22-/m1/s1. The number of aryl methyl sites for hydroxylation is 1. The molecule has 28 heavy (non-hydrogen) atoms. The number of hydrogen-bond acceptors (Lipinski definition) is 6. The van der Waals surface area contributed by atoms with Crippen molar-refractivity contribution in [3.63, 3.8) is 0 Å². The molecule has 6 nitrogen and oxygen atoms in total. The first-order chi connectivity index (χ1) is 13.2. The van der Waals surface area contributed by atoms with Crippen LogP contribution < -0.4 is 0 Å². The van der Waals surface area contributed by atoms with E-state index in [1.165, 1.54) is 6.92 Å². The average Bonchev–Trinajstić information content (AvgIpc) is 3.14. The fourth-order valence-electron chi connectivity index (χ4n) is 7.00. The lowest BCUT2D eigenvalue weighted by Gasteiger charge is -2.64. The van der Waals surface area contributed by atoms with Crippen molar-refractivity contribution < 1.29 is 29.0 Å². The summed E-state index contributed by atoms with van der Waals surface area (Å²) in [6, 6.07) is 0. The van der Waals surface area contributed by atoms with Crippen LogP contribution in [0.1, 0.15) is 57.6 Å². The van der Waals surface area contributed by atoms with Crippen LogP contribution in [-0.2, 0) is 26.2 Å². The second kappa shape index (κ2) is 6.42. The lowest BCUT2D eigenvalue weighted by Crippen LogP contribution is -2.66. The summed E-state index contributed by atoms with van der Waals surface area (Å²) in [4.78, 5) is 24.5. The first-order valence-electron chi connectivity index (χ1n) is 10.2. The summed E-state index contributed by atoms with van der Waals surface area (Å²) in [6.07, 6.45) is 5.95. The van der Waals surface area contributed by atoms with E-state index >= 15 is 0 Å². The smallest absolute Gasteiger partial charge is 0.302 e. The molecule has 0 bridgehead atoms. The molecule has 2 N–H and O–H groups in total. The molecule has 6 atom stereocenters. The largest absolute Gasteiger partial charge is 0.472 e. The molecular weight excluding hydrogens is 360 g/mol. The van der Waals surface area contributed by atoms with Crippen molar-refractivity contribution >= 4 is 11.8 Å². The molecule has 4 rings (SSSR count). The third-order valence-corrected chi connectivity index (χ3v) is 8.27. The van der Waals surface area contributed by atoms with Crippen LogP contribution in [0.15, 0.2) is 16.9 Å². The second-order valence-corrected chi connectivity index (χ2v) is 9.64. The SMILES string of the molecule is CC(=O)OC[C@@]12CC[C@@H]3[C@](C)(CC(=O)[C@H](O)[C@]3(C)CO)[C@H]1CCc1cocc12. The van der Waals surface area contributed by atoms with Gasteiger partial charge in [-0.05, 0) is 48.5 Å². The van der Waals surface area contributed by atoms with E-state index in [-0.39, 0.29) is 48.6 Å². The van der Waals surface area contributed by atoms with E-state index in [2.05, 4.69) is 6.92 Å². The Labute approximate surface area is 165 Å². The van der Waals surface area contributed by atoms with Crippen LogP contribution >= 0.6 is 0 Å². The van der Waals surface area contributed by atoms with Crippen molar-refractivity contribution in [1.82, 2.24) is 0 Å². The molecule has 0 saturated heterocycles. The van der Waals surface area contributed by atoms with Gasteiger partial charge in [0.15, 0.2) is 5.78 Å². The van der Waals surface area contributed by atoms with Gasteiger partial charge < -0.3 is 19.4 Å². The van der Waals surface area contributed by atoms with Crippen LogP contribution in [0, 0.1) is 22.7 Å². The Kier molecular flexibility index (Phi) is 4.51. The van der Waals surface area contributed by atoms with E-state index in [0.717, 1.165) is 36.8 Å². The summed E-state index contributed by atoms with van der Waals surface area (Å²) in [7, 11) is 0. The molecule has 0 aliphatic heterocycles. The number of furan rings is 1. The zero-order valence-corrected chi connectivity index (χ0v) is 16.9. The summed E-state index contributed by atoms with van der Waals surface area (Å²) in [5.41, 5.74) is 0.609. The number of ketones is 1. The number of Topliss-reactive ketones (excluding diaryl/α,β-unsaturated/α-hetero) is 1. The van der Waals surface area contributed by atoms with E-state index in [0.29, 0.717) is 0 Å². The van der Waals surface area contributed by atoms with Crippen LogP contribution in [0.5, 0.6) is 0 Å². The molecule has 6 heteroatoms. The Balaban J connectivity index is 1.83. The van der Waals surface area contributed by atoms with Gasteiger partial charge in [-0.15, -0.1) is 0 Å². The molecular formula is C22H30O6. The topological polar surface area (TPSA) is 97.0 Å². The Morgan fingerprint density at radius 3 is 2.71 bits per heavy atom. The number of hydrogen-bond donors (Lipinski definition) is 2. The number of ether oxygens (including phenoxy) is 1. The highest BCUT2D eigenvalue weighted by molar-refractivity contribution is 5.85. The minimum absolute atomic E-state index is 0.0154. The number of aliphatic hydroxyl groups excluding tert-OH is 2. The molecule has 0 radical (unpaired) electrons. The average molecular weight is 390 g/mol. The summed E-state index contributed by atoms with van der Waals surface area (Å²) < 4.78 is 11.1. The highest BCUT2D eigenvalue weighted by Gasteiger charge is 2.66. The minimum Gasteiger partial charge on any atom is -0.472 e. The van der Waals surface area contributed by atoms with Gasteiger partial charge in [-0.2, -0.15) is 0 Å². The second-order valence-electron chi connectivity index (χ2n) is 9.64. The van der Waals surface area contributed by atoms with Gasteiger partial charge in [0.1, 0.15) is 12.7 Å². The number of carbonyl (C=O) groups is 2. The minimum atomic E-state index is -1.13. The highest BCUT2D eigenvalue weighted by Crippen LogP contribution is 2.66. The summed E-state index contributed by atoms with van der Waals surface area (Å²) in [5.74, 6) is -0.393. The third kappa shape index (κ3) is 2.47. The predicted octanol–water partition coefficient (Wildman–Crippen LogP) is 2.39. The number of rotatable bonds is 3. The van der Waals surface area contributed by atoms with Crippen molar-refractivity contribution in [2.45, 2.75) is 64.4 Å². The van der Waals surface area contributed by atoms with E-state index < -0.39 is 16.9 Å². The van der Waals surface area contributed by atoms with Crippen molar-refractivity contribution in [2.24, 2.45) is 22.7 Å². The van der Waals surface area contributed by atoms with Crippen molar-refractivity contribution in [1.29, 1.82) is 0 Å². The zero-order valence-electron chi connectivity index (χ0n) is 16.9. The molecule has 1 heterocycles. The fourth-order valence-corrected chi connectivity index (χ4v) is 7.00. The van der Waals surface area contributed by atoms with Crippen LogP contribution in [0.3, 0.4) is 0 Å². The summed E-state index contributed by atoms with van der Waals surface area (Å²) in [6.45, 7) is 5.44. The lowest BCUT2D eigenvalue weighted by molar-refractivity contribution is -0.192. The molecule has 0 aromatic carbocycles.